The maximum absolute atomic E-state index is 14.5. The second-order valence-electron chi connectivity index (χ2n) is 9.10. The first kappa shape index (κ1) is 29.7. The lowest BCUT2D eigenvalue weighted by Crippen LogP contribution is -2.43. The summed E-state index contributed by atoms with van der Waals surface area (Å²) in [5, 5.41) is 0.425. The topological polar surface area (TPSA) is 78.0 Å². The van der Waals surface area contributed by atoms with Gasteiger partial charge in [0.25, 0.3) is 10.0 Å². The number of pyridine rings is 1. The lowest BCUT2D eigenvalue weighted by molar-refractivity contribution is 0.178. The van der Waals surface area contributed by atoms with E-state index in [9.17, 15) is 12.8 Å². The Morgan fingerprint density at radius 1 is 1.27 bits per heavy atom. The van der Waals surface area contributed by atoms with Crippen LogP contribution < -0.4 is 13.8 Å². The summed E-state index contributed by atoms with van der Waals surface area (Å²) in [5.74, 6) is 0.424. The zero-order chi connectivity index (χ0) is 29.0. The van der Waals surface area contributed by atoms with Crippen molar-refractivity contribution in [2.45, 2.75) is 37.7 Å². The van der Waals surface area contributed by atoms with Crippen molar-refractivity contribution in [2.75, 3.05) is 24.6 Å². The maximum atomic E-state index is 14.5. The molecule has 2 aromatic carbocycles. The van der Waals surface area contributed by atoms with Crippen molar-refractivity contribution in [2.24, 2.45) is 0 Å². The smallest absolute Gasteiger partial charge is 0.270 e. The third-order valence-corrected chi connectivity index (χ3v) is 8.62. The van der Waals surface area contributed by atoms with Crippen LogP contribution in [0.4, 0.5) is 10.1 Å². The van der Waals surface area contributed by atoms with Gasteiger partial charge in [0.1, 0.15) is 17.7 Å². The Morgan fingerprint density at radius 3 is 2.75 bits per heavy atom. The van der Waals surface area contributed by atoms with Gasteiger partial charge in [0.2, 0.25) is 5.88 Å². The minimum absolute atomic E-state index is 0.00962. The minimum atomic E-state index is -4.21. The molecule has 7 nitrogen and oxygen atoms in total. The fourth-order valence-corrected chi connectivity index (χ4v) is 6.52. The number of rotatable bonds is 10. The van der Waals surface area contributed by atoms with Crippen LogP contribution in [0.2, 0.25) is 10.0 Å². The van der Waals surface area contributed by atoms with Crippen LogP contribution in [0.5, 0.6) is 11.6 Å². The van der Waals surface area contributed by atoms with E-state index in [1.165, 1.54) is 35.8 Å². The van der Waals surface area contributed by atoms with Crippen LogP contribution in [-0.4, -0.2) is 39.8 Å². The first-order chi connectivity index (χ1) is 19.0. The molecule has 4 rings (SSSR count). The molecule has 0 radical (unpaired) electrons. The van der Waals surface area contributed by atoms with Gasteiger partial charge < -0.3 is 14.2 Å². The highest BCUT2D eigenvalue weighted by atomic mass is 35.5. The van der Waals surface area contributed by atoms with Crippen molar-refractivity contribution in [1.29, 1.82) is 0 Å². The maximum Gasteiger partial charge on any atom is 0.270 e. The van der Waals surface area contributed by atoms with Crippen LogP contribution in [0.3, 0.4) is 0 Å². The largest absolute Gasteiger partial charge is 0.502 e. The summed E-state index contributed by atoms with van der Waals surface area (Å²) in [6.45, 7) is 7.54. The van der Waals surface area contributed by atoms with Crippen LogP contribution in [0.25, 0.3) is 11.6 Å². The Balaban J connectivity index is 1.81. The van der Waals surface area contributed by atoms with Crippen LogP contribution >= 0.6 is 23.2 Å². The second kappa shape index (κ2) is 12.5. The summed E-state index contributed by atoms with van der Waals surface area (Å²) in [6, 6.07) is 10.9. The molecule has 0 saturated carbocycles. The Labute approximate surface area is 243 Å². The van der Waals surface area contributed by atoms with Crippen molar-refractivity contribution in [1.82, 2.24) is 4.98 Å². The van der Waals surface area contributed by atoms with Gasteiger partial charge in [-0.05, 0) is 61.7 Å². The van der Waals surface area contributed by atoms with Gasteiger partial charge in [-0.3, -0.25) is 4.31 Å². The summed E-state index contributed by atoms with van der Waals surface area (Å²) in [4.78, 5) is 3.94. The van der Waals surface area contributed by atoms with E-state index in [0.717, 1.165) is 0 Å². The fraction of sp³-hybridized carbons (Fsp3) is 0.276. The Bertz CT molecular complexity index is 1540. The molecular formula is C29H29Cl2FN2O5S. The molecule has 1 aliphatic heterocycles. The molecule has 0 unspecified atom stereocenters. The number of methoxy groups -OCH3 is 1. The van der Waals surface area contributed by atoms with E-state index >= 15 is 0 Å². The highest BCUT2D eigenvalue weighted by Crippen LogP contribution is 2.41. The normalized spacial score (nSPS) is 15.3. The highest BCUT2D eigenvalue weighted by molar-refractivity contribution is 7.93. The molecule has 1 aliphatic rings. The Kier molecular flexibility index (Phi) is 9.28. The number of fused-ring (bicyclic) bond motifs is 1. The van der Waals surface area contributed by atoms with E-state index in [1.54, 1.807) is 44.2 Å². The molecule has 1 aromatic heterocycles. The van der Waals surface area contributed by atoms with E-state index in [1.807, 2.05) is 0 Å². The molecular weight excluding hydrogens is 578 g/mol. The summed E-state index contributed by atoms with van der Waals surface area (Å²) < 4.78 is 61.0. The number of hydrogen-bond acceptors (Lipinski definition) is 6. The third-order valence-electron chi connectivity index (χ3n) is 6.32. The minimum Gasteiger partial charge on any atom is -0.502 e. The van der Waals surface area contributed by atoms with Gasteiger partial charge in [0.15, 0.2) is 4.90 Å². The number of hydrogen-bond donors (Lipinski definition) is 0. The zero-order valence-electron chi connectivity index (χ0n) is 22.3. The highest BCUT2D eigenvalue weighted by Gasteiger charge is 2.37. The van der Waals surface area contributed by atoms with Crippen molar-refractivity contribution in [3.63, 3.8) is 0 Å². The molecule has 1 atom stereocenters. The molecule has 0 aliphatic carbocycles. The molecule has 11 heteroatoms. The predicted octanol–water partition coefficient (Wildman–Crippen LogP) is 7.38. The SMILES string of the molecule is C=C(CC[C@H]1CN(S(=O)(=O)c2cc(Cl)cnc2OCC)c2cc(/C=C(\C)c3c(F)cccc3Cl)ccc2O1)OC. The van der Waals surface area contributed by atoms with Gasteiger partial charge in [-0.2, -0.15) is 0 Å². The number of sulfonamides is 1. The van der Waals surface area contributed by atoms with Crippen molar-refractivity contribution in [3.8, 4) is 11.6 Å². The number of halogens is 3. The summed E-state index contributed by atoms with van der Waals surface area (Å²) in [5.41, 5.74) is 1.78. The molecule has 0 bridgehead atoms. The van der Waals surface area contributed by atoms with Crippen molar-refractivity contribution >= 4 is 50.6 Å². The quantitative estimate of drug-likeness (QED) is 0.177. The standard InChI is InChI=1S/C29H29Cl2FN2O5S/c1-5-38-29-27(15-21(30)16-33-29)40(35,36)34-17-22(11-9-19(3)37-4)39-26-12-10-20(14-25(26)34)13-18(2)28-23(31)7-6-8-24(28)32/h6-8,10,12-16,22H,3,5,9,11,17H2,1-2,4H3/b18-13+/t22-/m0/s1. The molecule has 2 heterocycles. The van der Waals surface area contributed by atoms with E-state index < -0.39 is 21.9 Å². The lowest BCUT2D eigenvalue weighted by atomic mass is 10.0. The van der Waals surface area contributed by atoms with Crippen molar-refractivity contribution < 1.29 is 27.0 Å². The Morgan fingerprint density at radius 2 is 2.05 bits per heavy atom. The second-order valence-corrected chi connectivity index (χ2v) is 11.8. The van der Waals surface area contributed by atoms with Crippen LogP contribution in [0.1, 0.15) is 37.8 Å². The lowest BCUT2D eigenvalue weighted by Gasteiger charge is -2.36. The van der Waals surface area contributed by atoms with Gasteiger partial charge in [0, 0.05) is 18.2 Å². The van der Waals surface area contributed by atoms with Gasteiger partial charge in [-0.15, -0.1) is 0 Å². The van der Waals surface area contributed by atoms with Crippen LogP contribution in [-0.2, 0) is 14.8 Å². The summed E-state index contributed by atoms with van der Waals surface area (Å²) in [7, 11) is -2.68. The number of allylic oxidation sites excluding steroid dienone is 2. The molecule has 0 amide bonds. The van der Waals surface area contributed by atoms with Gasteiger partial charge in [-0.1, -0.05) is 48.0 Å². The third kappa shape index (κ3) is 6.37. The fourth-order valence-electron chi connectivity index (χ4n) is 4.37. The van der Waals surface area contributed by atoms with Crippen molar-refractivity contribution in [3.05, 3.63) is 88.0 Å². The van der Waals surface area contributed by atoms with E-state index in [2.05, 4.69) is 11.6 Å². The molecule has 0 fully saturated rings. The Hall–Kier alpha value is -3.27. The molecule has 3 aromatic rings. The van der Waals surface area contributed by atoms with Gasteiger partial charge in [0.05, 0.1) is 41.8 Å². The summed E-state index contributed by atoms with van der Waals surface area (Å²) in [6.07, 6.45) is 3.53. The van der Waals surface area contributed by atoms with Crippen LogP contribution in [0.15, 0.2) is 65.9 Å². The predicted molar refractivity (Wildman–Crippen MR) is 156 cm³/mol. The first-order valence-corrected chi connectivity index (χ1v) is 14.7. The first-order valence-electron chi connectivity index (χ1n) is 12.5. The average molecular weight is 608 g/mol. The van der Waals surface area contributed by atoms with Crippen LogP contribution in [0, 0.1) is 5.82 Å². The molecule has 0 saturated heterocycles. The van der Waals surface area contributed by atoms with E-state index in [0.29, 0.717) is 41.2 Å². The monoisotopic (exact) mass is 606 g/mol. The molecule has 0 spiro atoms. The van der Waals surface area contributed by atoms with E-state index in [4.69, 9.17) is 37.4 Å². The number of ether oxygens (including phenoxy) is 3. The van der Waals surface area contributed by atoms with Gasteiger partial charge in [-0.25, -0.2) is 17.8 Å². The molecule has 40 heavy (non-hydrogen) atoms. The number of nitrogens with zero attached hydrogens (tertiary/aromatic N) is 2. The average Bonchev–Trinajstić information content (AvgIpc) is 2.92. The number of aromatic nitrogens is 1. The number of benzene rings is 2. The van der Waals surface area contributed by atoms with Gasteiger partial charge >= 0.3 is 0 Å². The zero-order valence-corrected chi connectivity index (χ0v) is 24.6. The summed E-state index contributed by atoms with van der Waals surface area (Å²) >= 11 is 12.4. The molecule has 212 valence electrons. The number of anilines is 1. The molecule has 0 N–H and O–H groups in total. The van der Waals surface area contributed by atoms with E-state index in [-0.39, 0.29) is 39.5 Å².